The first-order chi connectivity index (χ1) is 15.6. The number of nitrogens with one attached hydrogen (secondary N) is 1. The van der Waals surface area contributed by atoms with E-state index in [0.717, 1.165) is 47.1 Å². The van der Waals surface area contributed by atoms with Crippen molar-refractivity contribution in [2.24, 2.45) is 0 Å². The second kappa shape index (κ2) is 9.13. The van der Waals surface area contributed by atoms with Crippen LogP contribution in [0.4, 0.5) is 23.4 Å². The Kier molecular flexibility index (Phi) is 6.43. The lowest BCUT2D eigenvalue weighted by Crippen LogP contribution is -2.38. The van der Waals surface area contributed by atoms with E-state index < -0.39 is 17.7 Å². The molecule has 1 aromatic carbocycles. The van der Waals surface area contributed by atoms with E-state index >= 15 is 0 Å². The van der Waals surface area contributed by atoms with Crippen molar-refractivity contribution in [3.8, 4) is 0 Å². The topological polar surface area (TPSA) is 41.1 Å². The third kappa shape index (κ3) is 4.88. The summed E-state index contributed by atoms with van der Waals surface area (Å²) in [4.78, 5) is 5.29. The number of allylic oxidation sites excluding steroid dienone is 3. The summed E-state index contributed by atoms with van der Waals surface area (Å²) in [6.07, 6.45) is -0.454. The van der Waals surface area contributed by atoms with Gasteiger partial charge in [-0.1, -0.05) is 17.7 Å². The number of likely N-dealkylation sites (tertiary alicyclic amines) is 1. The molecule has 1 aliphatic heterocycles. The number of nitrogens with zero attached hydrogens (tertiary/aromatic N) is 3. The maximum absolute atomic E-state index is 14.7. The van der Waals surface area contributed by atoms with Crippen LogP contribution in [0.25, 0.3) is 15.7 Å². The van der Waals surface area contributed by atoms with Gasteiger partial charge in [-0.15, -0.1) is 0 Å². The third-order valence-electron chi connectivity index (χ3n) is 5.74. The monoisotopic (exact) mass is 476 g/mol. The molecule has 1 N–H and O–H groups in total. The summed E-state index contributed by atoms with van der Waals surface area (Å²) in [6, 6.07) is 8.60. The zero-order chi connectivity index (χ0) is 23.8. The summed E-state index contributed by atoms with van der Waals surface area (Å²) in [5.74, 6) is -0.0143. The molecule has 1 atom stereocenters. The molecule has 1 aliphatic rings. The van der Waals surface area contributed by atoms with Crippen LogP contribution in [0.3, 0.4) is 0 Å². The molecule has 174 valence electrons. The number of benzene rings is 1. The molecule has 4 rings (SSSR count). The number of fused-ring (bicyclic) bond motifs is 1. The standard InChI is InChI=1S/C24H24F4N4S/c1-14(2)16(17-12-22(24(26,27)28)29-13-18(17)25)11-20-19(8-6-10-32(20)3)30-23-15-7-4-5-9-21(15)33-31-23/h4-5,7,9,11-13,19H,6,8,10H2,1-3H3,(H,30,31)/b20-11-. The molecule has 0 bridgehead atoms. The van der Waals surface area contributed by atoms with Gasteiger partial charge in [-0.3, -0.25) is 0 Å². The number of aromatic nitrogens is 2. The first-order valence-electron chi connectivity index (χ1n) is 10.6. The molecule has 0 radical (unpaired) electrons. The van der Waals surface area contributed by atoms with Crippen LogP contribution in [-0.4, -0.2) is 33.9 Å². The lowest BCUT2D eigenvalue weighted by atomic mass is 9.94. The van der Waals surface area contributed by atoms with Gasteiger partial charge in [0.15, 0.2) is 0 Å². The number of rotatable bonds is 4. The first-order valence-corrected chi connectivity index (χ1v) is 11.4. The first kappa shape index (κ1) is 23.2. The van der Waals surface area contributed by atoms with E-state index in [1.807, 2.05) is 31.3 Å². The highest BCUT2D eigenvalue weighted by atomic mass is 32.1. The van der Waals surface area contributed by atoms with E-state index in [1.165, 1.54) is 11.5 Å². The molecular weight excluding hydrogens is 452 g/mol. The largest absolute Gasteiger partial charge is 0.433 e. The van der Waals surface area contributed by atoms with Crippen molar-refractivity contribution < 1.29 is 17.6 Å². The Morgan fingerprint density at radius 1 is 1.24 bits per heavy atom. The average molecular weight is 477 g/mol. The van der Waals surface area contributed by atoms with Gasteiger partial charge in [0.1, 0.15) is 17.3 Å². The van der Waals surface area contributed by atoms with Gasteiger partial charge in [-0.05, 0) is 68.1 Å². The van der Waals surface area contributed by atoms with E-state index in [4.69, 9.17) is 0 Å². The Labute approximate surface area is 193 Å². The molecule has 1 fully saturated rings. The van der Waals surface area contributed by atoms with E-state index in [2.05, 4.69) is 19.6 Å². The predicted octanol–water partition coefficient (Wildman–Crippen LogP) is 6.73. The van der Waals surface area contributed by atoms with Crippen LogP contribution in [0.1, 0.15) is 37.9 Å². The average Bonchev–Trinajstić information content (AvgIpc) is 3.16. The highest BCUT2D eigenvalue weighted by Gasteiger charge is 2.33. The molecular formula is C24H24F4N4S. The van der Waals surface area contributed by atoms with Crippen LogP contribution in [0.5, 0.6) is 0 Å². The van der Waals surface area contributed by atoms with Crippen molar-refractivity contribution >= 4 is 33.0 Å². The molecule has 0 amide bonds. The molecule has 9 heteroatoms. The van der Waals surface area contributed by atoms with E-state index in [9.17, 15) is 17.6 Å². The van der Waals surface area contributed by atoms with Gasteiger partial charge in [-0.25, -0.2) is 9.37 Å². The number of alkyl halides is 3. The minimum absolute atomic E-state index is 0.110. The second-order valence-electron chi connectivity index (χ2n) is 8.32. The van der Waals surface area contributed by atoms with Crippen LogP contribution < -0.4 is 5.32 Å². The van der Waals surface area contributed by atoms with Gasteiger partial charge in [-0.2, -0.15) is 17.5 Å². The van der Waals surface area contributed by atoms with E-state index in [0.29, 0.717) is 17.3 Å². The number of halogens is 4. The summed E-state index contributed by atoms with van der Waals surface area (Å²) in [5.41, 5.74) is 0.772. The molecule has 1 unspecified atom stereocenters. The Balaban J connectivity index is 1.75. The number of anilines is 1. The van der Waals surface area contributed by atoms with E-state index in [-0.39, 0.29) is 11.6 Å². The van der Waals surface area contributed by atoms with Crippen LogP contribution in [0, 0.1) is 5.82 Å². The van der Waals surface area contributed by atoms with Crippen molar-refractivity contribution in [1.29, 1.82) is 0 Å². The smallest absolute Gasteiger partial charge is 0.376 e. The van der Waals surface area contributed by atoms with Gasteiger partial charge in [0.25, 0.3) is 0 Å². The Morgan fingerprint density at radius 2 is 2.00 bits per heavy atom. The third-order valence-corrected chi connectivity index (χ3v) is 6.57. The van der Waals surface area contributed by atoms with Crippen LogP contribution in [0.15, 0.2) is 53.9 Å². The second-order valence-corrected chi connectivity index (χ2v) is 9.12. The zero-order valence-corrected chi connectivity index (χ0v) is 19.3. The Bertz CT molecular complexity index is 1220. The maximum Gasteiger partial charge on any atom is 0.433 e. The lowest BCUT2D eigenvalue weighted by Gasteiger charge is -2.35. The molecule has 2 aromatic heterocycles. The molecule has 4 nitrogen and oxygen atoms in total. The minimum atomic E-state index is -4.65. The van der Waals surface area contributed by atoms with Gasteiger partial charge in [0.05, 0.1) is 16.9 Å². The number of hydrogen-bond acceptors (Lipinski definition) is 5. The summed E-state index contributed by atoms with van der Waals surface area (Å²) >= 11 is 1.41. The van der Waals surface area contributed by atoms with Crippen LogP contribution in [0.2, 0.25) is 0 Å². The van der Waals surface area contributed by atoms with Crippen molar-refractivity contribution in [3.05, 3.63) is 70.9 Å². The lowest BCUT2D eigenvalue weighted by molar-refractivity contribution is -0.141. The Hall–Kier alpha value is -2.94. The summed E-state index contributed by atoms with van der Waals surface area (Å²) in [7, 11) is 1.94. The van der Waals surface area contributed by atoms with Gasteiger partial charge in [0, 0.05) is 30.2 Å². The highest BCUT2D eigenvalue weighted by molar-refractivity contribution is 7.13. The fourth-order valence-electron chi connectivity index (χ4n) is 4.03. The summed E-state index contributed by atoms with van der Waals surface area (Å²) in [6.45, 7) is 4.32. The normalized spacial score (nSPS) is 18.1. The maximum atomic E-state index is 14.7. The van der Waals surface area contributed by atoms with Gasteiger partial charge >= 0.3 is 6.18 Å². The molecule has 33 heavy (non-hydrogen) atoms. The molecule has 0 spiro atoms. The zero-order valence-electron chi connectivity index (χ0n) is 18.5. The summed E-state index contributed by atoms with van der Waals surface area (Å²) in [5, 5.41) is 4.53. The minimum Gasteiger partial charge on any atom is -0.376 e. The quantitative estimate of drug-likeness (QED) is 0.424. The fourth-order valence-corrected chi connectivity index (χ4v) is 4.77. The number of piperidine rings is 1. The fraction of sp³-hybridized carbons (Fsp3) is 0.333. The van der Waals surface area contributed by atoms with Crippen molar-refractivity contribution in [3.63, 3.8) is 0 Å². The molecule has 3 heterocycles. The van der Waals surface area contributed by atoms with Gasteiger partial charge in [0.2, 0.25) is 0 Å². The van der Waals surface area contributed by atoms with Crippen LogP contribution in [-0.2, 0) is 6.18 Å². The van der Waals surface area contributed by atoms with Crippen molar-refractivity contribution in [1.82, 2.24) is 14.3 Å². The Morgan fingerprint density at radius 3 is 2.73 bits per heavy atom. The van der Waals surface area contributed by atoms with Crippen LogP contribution >= 0.6 is 11.5 Å². The van der Waals surface area contributed by atoms with Crippen molar-refractivity contribution in [2.45, 2.75) is 38.9 Å². The highest BCUT2D eigenvalue weighted by Crippen LogP contribution is 2.35. The summed E-state index contributed by atoms with van der Waals surface area (Å²) < 4.78 is 60.0. The SMILES string of the molecule is CC(C)=C(/C=C1/C(Nc2nsc3ccccc23)CCCN1C)c1cc(C(F)(F)F)ncc1F. The molecule has 0 saturated carbocycles. The number of hydrogen-bond donors (Lipinski definition) is 1. The molecule has 3 aromatic rings. The molecule has 0 aliphatic carbocycles. The number of pyridine rings is 1. The molecule has 1 saturated heterocycles. The number of likely N-dealkylation sites (N-methyl/N-ethyl adjacent to an activating group) is 1. The van der Waals surface area contributed by atoms with E-state index in [1.54, 1.807) is 19.9 Å². The van der Waals surface area contributed by atoms with Crippen molar-refractivity contribution in [2.75, 3.05) is 18.9 Å². The van der Waals surface area contributed by atoms with Gasteiger partial charge < -0.3 is 10.2 Å². The predicted molar refractivity (Wildman–Crippen MR) is 124 cm³/mol.